The molecular weight excluding hydrogens is 306 g/mol. The number of carbonyl (C=O) groups excluding carboxylic acids is 1. The van der Waals surface area contributed by atoms with E-state index < -0.39 is 27.5 Å². The van der Waals surface area contributed by atoms with Gasteiger partial charge in [0.1, 0.15) is 9.75 Å². The second-order valence-corrected chi connectivity index (χ2v) is 7.59. The van der Waals surface area contributed by atoms with Gasteiger partial charge in [-0.1, -0.05) is 0 Å². The van der Waals surface area contributed by atoms with E-state index in [1.807, 2.05) is 0 Å². The SMILES string of the molecule is COC(=O)C(C)(C)NS(=O)(=O)c1ccc(CC(=O)O)s1. The summed E-state index contributed by atoms with van der Waals surface area (Å²) in [4.78, 5) is 22.4. The molecule has 2 N–H and O–H groups in total. The van der Waals surface area contributed by atoms with Gasteiger partial charge < -0.3 is 9.84 Å². The highest BCUT2D eigenvalue weighted by Gasteiger charge is 2.34. The smallest absolute Gasteiger partial charge is 0.326 e. The van der Waals surface area contributed by atoms with Crippen LogP contribution in [0.5, 0.6) is 0 Å². The highest BCUT2D eigenvalue weighted by atomic mass is 32.2. The fourth-order valence-electron chi connectivity index (χ4n) is 1.43. The van der Waals surface area contributed by atoms with Crippen molar-refractivity contribution >= 4 is 33.3 Å². The van der Waals surface area contributed by atoms with Crippen molar-refractivity contribution in [1.82, 2.24) is 4.72 Å². The molecule has 0 fully saturated rings. The molecule has 0 aliphatic heterocycles. The minimum Gasteiger partial charge on any atom is -0.481 e. The number of esters is 1. The van der Waals surface area contributed by atoms with Crippen LogP contribution in [0.4, 0.5) is 0 Å². The second-order valence-electron chi connectivity index (χ2n) is 4.51. The van der Waals surface area contributed by atoms with Crippen LogP contribution < -0.4 is 4.72 Å². The fourth-order valence-corrected chi connectivity index (χ4v) is 4.14. The number of thiophene rings is 1. The maximum Gasteiger partial charge on any atom is 0.326 e. The first-order valence-corrected chi connectivity index (χ1v) is 7.81. The van der Waals surface area contributed by atoms with E-state index in [-0.39, 0.29) is 10.6 Å². The number of aliphatic carboxylic acids is 1. The summed E-state index contributed by atoms with van der Waals surface area (Å²) in [6, 6.07) is 2.73. The zero-order chi connectivity index (χ0) is 15.6. The molecule has 0 amide bonds. The Labute approximate surface area is 120 Å². The van der Waals surface area contributed by atoms with E-state index >= 15 is 0 Å². The minimum atomic E-state index is -3.91. The highest BCUT2D eigenvalue weighted by molar-refractivity contribution is 7.91. The van der Waals surface area contributed by atoms with Gasteiger partial charge in [0, 0.05) is 4.88 Å². The van der Waals surface area contributed by atoms with Gasteiger partial charge in [0.2, 0.25) is 0 Å². The minimum absolute atomic E-state index is 0.0503. The third-order valence-electron chi connectivity index (χ3n) is 2.31. The van der Waals surface area contributed by atoms with Crippen LogP contribution in [0, 0.1) is 0 Å². The quantitative estimate of drug-likeness (QED) is 0.743. The number of nitrogens with one attached hydrogen (secondary N) is 1. The average molecular weight is 321 g/mol. The van der Waals surface area contributed by atoms with Crippen molar-refractivity contribution in [3.05, 3.63) is 17.0 Å². The van der Waals surface area contributed by atoms with Crippen LogP contribution in [0.15, 0.2) is 16.3 Å². The van der Waals surface area contributed by atoms with E-state index in [0.717, 1.165) is 18.4 Å². The molecule has 0 aliphatic carbocycles. The highest BCUT2D eigenvalue weighted by Crippen LogP contribution is 2.23. The van der Waals surface area contributed by atoms with Crippen molar-refractivity contribution in [1.29, 1.82) is 0 Å². The molecule has 0 saturated carbocycles. The Kier molecular flexibility index (Phi) is 4.90. The van der Waals surface area contributed by atoms with Crippen molar-refractivity contribution in [2.24, 2.45) is 0 Å². The predicted octanol–water partition coefficient (Wildman–Crippen LogP) is 0.605. The summed E-state index contributed by atoms with van der Waals surface area (Å²) < 4.78 is 30.9. The van der Waals surface area contributed by atoms with Gasteiger partial charge in [-0.3, -0.25) is 9.59 Å². The largest absolute Gasteiger partial charge is 0.481 e. The number of methoxy groups -OCH3 is 1. The first kappa shape index (κ1) is 16.6. The summed E-state index contributed by atoms with van der Waals surface area (Å²) in [5, 5.41) is 8.65. The molecule has 0 aromatic carbocycles. The van der Waals surface area contributed by atoms with Gasteiger partial charge in [-0.25, -0.2) is 8.42 Å². The van der Waals surface area contributed by atoms with Gasteiger partial charge in [0.25, 0.3) is 10.0 Å². The maximum atomic E-state index is 12.1. The Balaban J connectivity index is 2.97. The predicted molar refractivity (Wildman–Crippen MR) is 72.1 cm³/mol. The number of ether oxygens (including phenoxy) is 1. The fraction of sp³-hybridized carbons (Fsp3) is 0.455. The molecule has 0 atom stereocenters. The Morgan fingerprint density at radius 1 is 1.40 bits per heavy atom. The monoisotopic (exact) mass is 321 g/mol. The molecule has 0 unspecified atom stereocenters. The molecule has 0 aliphatic rings. The summed E-state index contributed by atoms with van der Waals surface area (Å²) >= 11 is 0.845. The number of hydrogen-bond donors (Lipinski definition) is 2. The lowest BCUT2D eigenvalue weighted by molar-refractivity contribution is -0.146. The molecule has 1 aromatic heterocycles. The van der Waals surface area contributed by atoms with Crippen LogP contribution in [0.3, 0.4) is 0 Å². The molecule has 0 saturated heterocycles. The number of carboxylic acid groups (broad SMARTS) is 1. The summed E-state index contributed by atoms with van der Waals surface area (Å²) in [6.07, 6.45) is -0.249. The van der Waals surface area contributed by atoms with Crippen molar-refractivity contribution < 1.29 is 27.9 Å². The molecule has 1 rings (SSSR count). The van der Waals surface area contributed by atoms with E-state index in [1.165, 1.54) is 26.0 Å². The van der Waals surface area contributed by atoms with Gasteiger partial charge in [-0.2, -0.15) is 4.72 Å². The Bertz CT molecular complexity index is 617. The van der Waals surface area contributed by atoms with Gasteiger partial charge in [0.15, 0.2) is 0 Å². The molecule has 9 heteroatoms. The first-order chi connectivity index (χ1) is 9.08. The third kappa shape index (κ3) is 4.02. The lowest BCUT2D eigenvalue weighted by Gasteiger charge is -2.22. The van der Waals surface area contributed by atoms with Crippen molar-refractivity contribution in [3.8, 4) is 0 Å². The van der Waals surface area contributed by atoms with Gasteiger partial charge in [-0.15, -0.1) is 11.3 Å². The molecule has 1 heterocycles. The van der Waals surface area contributed by atoms with Gasteiger partial charge in [0.05, 0.1) is 13.5 Å². The molecule has 112 valence electrons. The van der Waals surface area contributed by atoms with E-state index in [9.17, 15) is 18.0 Å². The maximum absolute atomic E-state index is 12.1. The summed E-state index contributed by atoms with van der Waals surface area (Å²) in [5.74, 6) is -1.76. The Morgan fingerprint density at radius 3 is 2.50 bits per heavy atom. The van der Waals surface area contributed by atoms with Crippen LogP contribution in [0.25, 0.3) is 0 Å². The number of rotatable bonds is 6. The summed E-state index contributed by atoms with van der Waals surface area (Å²) in [6.45, 7) is 2.75. The molecule has 0 bridgehead atoms. The molecular formula is C11H15NO6S2. The summed E-state index contributed by atoms with van der Waals surface area (Å²) in [5.41, 5.74) is -1.41. The van der Waals surface area contributed by atoms with Crippen molar-refractivity contribution in [3.63, 3.8) is 0 Å². The van der Waals surface area contributed by atoms with E-state index in [0.29, 0.717) is 4.88 Å². The molecule has 1 aromatic rings. The van der Waals surface area contributed by atoms with Crippen LogP contribution in [0.1, 0.15) is 18.7 Å². The van der Waals surface area contributed by atoms with Gasteiger partial charge >= 0.3 is 11.9 Å². The Hall–Kier alpha value is -1.45. The normalized spacial score (nSPS) is 12.2. The van der Waals surface area contributed by atoms with Crippen LogP contribution in [-0.2, 0) is 30.8 Å². The summed E-state index contributed by atoms with van der Waals surface area (Å²) in [7, 11) is -2.75. The first-order valence-electron chi connectivity index (χ1n) is 5.51. The van der Waals surface area contributed by atoms with Crippen LogP contribution in [0.2, 0.25) is 0 Å². The van der Waals surface area contributed by atoms with E-state index in [1.54, 1.807) is 0 Å². The van der Waals surface area contributed by atoms with E-state index in [4.69, 9.17) is 5.11 Å². The number of carboxylic acids is 1. The van der Waals surface area contributed by atoms with Crippen LogP contribution >= 0.6 is 11.3 Å². The second kappa shape index (κ2) is 5.90. The number of carbonyl (C=O) groups is 2. The number of sulfonamides is 1. The van der Waals surface area contributed by atoms with Crippen LogP contribution in [-0.4, -0.2) is 38.1 Å². The lowest BCUT2D eigenvalue weighted by Crippen LogP contribution is -2.49. The molecule has 0 radical (unpaired) electrons. The standard InChI is InChI=1S/C11H15NO6S2/c1-11(2,10(15)18-3)12-20(16,17)9-5-4-7(19-9)6-8(13)14/h4-5,12H,6H2,1-3H3,(H,13,14). The van der Waals surface area contributed by atoms with Crippen molar-refractivity contribution in [2.75, 3.05) is 7.11 Å². The van der Waals surface area contributed by atoms with Gasteiger partial charge in [-0.05, 0) is 26.0 Å². The zero-order valence-electron chi connectivity index (χ0n) is 11.2. The topological polar surface area (TPSA) is 110 Å². The Morgan fingerprint density at radius 2 is 2.00 bits per heavy atom. The zero-order valence-corrected chi connectivity index (χ0v) is 12.8. The average Bonchev–Trinajstić information content (AvgIpc) is 2.74. The third-order valence-corrected chi connectivity index (χ3v) is 5.55. The van der Waals surface area contributed by atoms with Crippen molar-refractivity contribution in [2.45, 2.75) is 30.0 Å². The van der Waals surface area contributed by atoms with E-state index in [2.05, 4.69) is 9.46 Å². The lowest BCUT2D eigenvalue weighted by atomic mass is 10.1. The molecule has 7 nitrogen and oxygen atoms in total. The molecule has 0 spiro atoms. The number of hydrogen-bond acceptors (Lipinski definition) is 6. The molecule has 20 heavy (non-hydrogen) atoms.